The minimum atomic E-state index is 0.599. The van der Waals surface area contributed by atoms with Gasteiger partial charge in [0, 0.05) is 18.8 Å². The van der Waals surface area contributed by atoms with Crippen LogP contribution in [0, 0.1) is 11.8 Å². The molecule has 0 saturated heterocycles. The molecule has 1 aromatic heterocycles. The number of aryl methyl sites for hydroxylation is 1. The zero-order valence-electron chi connectivity index (χ0n) is 11.8. The van der Waals surface area contributed by atoms with Crippen LogP contribution in [0.2, 0.25) is 5.02 Å². The van der Waals surface area contributed by atoms with Crippen LogP contribution in [0.5, 0.6) is 0 Å². The average molecular weight is 311 g/mol. The van der Waals surface area contributed by atoms with Gasteiger partial charge in [0.1, 0.15) is 5.82 Å². The lowest BCUT2D eigenvalue weighted by Gasteiger charge is -2.14. The number of benzene rings is 1. The van der Waals surface area contributed by atoms with Crippen molar-refractivity contribution in [3.63, 3.8) is 0 Å². The second kappa shape index (κ2) is 5.95. The van der Waals surface area contributed by atoms with Gasteiger partial charge in [0.25, 0.3) is 0 Å². The van der Waals surface area contributed by atoms with E-state index in [0.29, 0.717) is 5.88 Å². The van der Waals surface area contributed by atoms with E-state index in [4.69, 9.17) is 28.2 Å². The number of rotatable bonds is 4. The van der Waals surface area contributed by atoms with Crippen LogP contribution in [0.1, 0.15) is 32.0 Å². The Morgan fingerprint density at radius 2 is 2.20 bits per heavy atom. The SMILES string of the molecule is CC1CCC(Cn2c(CCCl)nc3cccc(Cl)c32)C1. The highest BCUT2D eigenvalue weighted by atomic mass is 35.5. The van der Waals surface area contributed by atoms with Gasteiger partial charge in [0.2, 0.25) is 0 Å². The zero-order valence-corrected chi connectivity index (χ0v) is 13.3. The van der Waals surface area contributed by atoms with E-state index in [1.165, 1.54) is 19.3 Å². The Balaban J connectivity index is 1.99. The van der Waals surface area contributed by atoms with E-state index in [-0.39, 0.29) is 0 Å². The molecule has 20 heavy (non-hydrogen) atoms. The third-order valence-electron chi connectivity index (χ3n) is 4.36. The highest BCUT2D eigenvalue weighted by Crippen LogP contribution is 2.34. The first-order valence-corrected chi connectivity index (χ1v) is 8.30. The van der Waals surface area contributed by atoms with Crippen molar-refractivity contribution in [2.45, 2.75) is 39.2 Å². The summed E-state index contributed by atoms with van der Waals surface area (Å²) in [7, 11) is 0. The molecule has 1 saturated carbocycles. The standard InChI is InChI=1S/C16H20Cl2N2/c1-11-5-6-12(9-11)10-20-15(7-8-17)19-14-4-2-3-13(18)16(14)20/h2-4,11-12H,5-10H2,1H3. The second-order valence-electron chi connectivity index (χ2n) is 5.97. The summed E-state index contributed by atoms with van der Waals surface area (Å²) in [5, 5.41) is 0.793. The van der Waals surface area contributed by atoms with Crippen LogP contribution in [0.25, 0.3) is 11.0 Å². The molecule has 2 atom stereocenters. The van der Waals surface area contributed by atoms with E-state index < -0.39 is 0 Å². The first-order valence-electron chi connectivity index (χ1n) is 7.38. The minimum Gasteiger partial charge on any atom is -0.326 e. The molecule has 2 aromatic rings. The normalized spacial score (nSPS) is 22.8. The highest BCUT2D eigenvalue weighted by Gasteiger charge is 2.24. The lowest BCUT2D eigenvalue weighted by Crippen LogP contribution is -2.11. The van der Waals surface area contributed by atoms with Crippen molar-refractivity contribution in [2.24, 2.45) is 11.8 Å². The van der Waals surface area contributed by atoms with E-state index >= 15 is 0 Å². The summed E-state index contributed by atoms with van der Waals surface area (Å²) in [6.45, 7) is 3.37. The number of halogens is 2. The maximum absolute atomic E-state index is 6.40. The Labute approximate surface area is 130 Å². The summed E-state index contributed by atoms with van der Waals surface area (Å²) in [6.07, 6.45) is 4.76. The largest absolute Gasteiger partial charge is 0.326 e. The van der Waals surface area contributed by atoms with E-state index in [9.17, 15) is 0 Å². The van der Waals surface area contributed by atoms with Gasteiger partial charge in [-0.1, -0.05) is 31.0 Å². The predicted octanol–water partition coefficient (Wildman–Crippen LogP) is 4.91. The van der Waals surface area contributed by atoms with Crippen molar-refractivity contribution in [3.8, 4) is 0 Å². The van der Waals surface area contributed by atoms with Gasteiger partial charge in [-0.2, -0.15) is 0 Å². The Morgan fingerprint density at radius 3 is 2.90 bits per heavy atom. The molecule has 108 valence electrons. The molecule has 2 unspecified atom stereocenters. The molecule has 1 aliphatic carbocycles. The molecule has 1 fully saturated rings. The quantitative estimate of drug-likeness (QED) is 0.734. The lowest BCUT2D eigenvalue weighted by molar-refractivity contribution is 0.439. The number of para-hydroxylation sites is 1. The number of alkyl halides is 1. The summed E-state index contributed by atoms with van der Waals surface area (Å²) in [5.41, 5.74) is 2.07. The maximum atomic E-state index is 6.40. The summed E-state index contributed by atoms with van der Waals surface area (Å²) < 4.78 is 2.31. The van der Waals surface area contributed by atoms with Gasteiger partial charge in [-0.05, 0) is 36.8 Å². The van der Waals surface area contributed by atoms with Gasteiger partial charge in [-0.15, -0.1) is 11.6 Å². The number of nitrogens with zero attached hydrogens (tertiary/aromatic N) is 2. The van der Waals surface area contributed by atoms with E-state index in [2.05, 4.69) is 11.5 Å². The van der Waals surface area contributed by atoms with Crippen LogP contribution in [0.3, 0.4) is 0 Å². The fraction of sp³-hybridized carbons (Fsp3) is 0.562. The molecule has 1 aliphatic rings. The third-order valence-corrected chi connectivity index (χ3v) is 4.85. The van der Waals surface area contributed by atoms with Crippen molar-refractivity contribution >= 4 is 34.2 Å². The van der Waals surface area contributed by atoms with Crippen molar-refractivity contribution in [3.05, 3.63) is 29.0 Å². The maximum Gasteiger partial charge on any atom is 0.111 e. The van der Waals surface area contributed by atoms with Crippen molar-refractivity contribution in [1.29, 1.82) is 0 Å². The first kappa shape index (κ1) is 14.2. The van der Waals surface area contributed by atoms with Gasteiger partial charge < -0.3 is 4.57 Å². The van der Waals surface area contributed by atoms with Gasteiger partial charge in [0.05, 0.1) is 16.1 Å². The molecule has 0 N–H and O–H groups in total. The Kier molecular flexibility index (Phi) is 4.23. The molecule has 3 rings (SSSR count). The predicted molar refractivity (Wildman–Crippen MR) is 85.7 cm³/mol. The smallest absolute Gasteiger partial charge is 0.111 e. The van der Waals surface area contributed by atoms with Gasteiger partial charge in [-0.25, -0.2) is 4.98 Å². The van der Waals surface area contributed by atoms with E-state index in [0.717, 1.165) is 46.7 Å². The van der Waals surface area contributed by atoms with Crippen molar-refractivity contribution in [1.82, 2.24) is 9.55 Å². The Bertz CT molecular complexity index is 606. The first-order chi connectivity index (χ1) is 9.69. The third kappa shape index (κ3) is 2.68. The number of aromatic nitrogens is 2. The lowest BCUT2D eigenvalue weighted by atomic mass is 10.1. The summed E-state index contributed by atoms with van der Waals surface area (Å²) in [4.78, 5) is 4.72. The Morgan fingerprint density at radius 1 is 1.35 bits per heavy atom. The summed E-state index contributed by atoms with van der Waals surface area (Å²) in [5.74, 6) is 3.26. The molecule has 0 amide bonds. The number of fused-ring (bicyclic) bond motifs is 1. The molecule has 1 heterocycles. The summed E-state index contributed by atoms with van der Waals surface area (Å²) >= 11 is 12.3. The van der Waals surface area contributed by atoms with Crippen LogP contribution < -0.4 is 0 Å². The topological polar surface area (TPSA) is 17.8 Å². The van der Waals surface area contributed by atoms with Gasteiger partial charge in [0.15, 0.2) is 0 Å². The molecule has 1 aromatic carbocycles. The number of hydrogen-bond donors (Lipinski definition) is 0. The van der Waals surface area contributed by atoms with Crippen LogP contribution in [-0.2, 0) is 13.0 Å². The van der Waals surface area contributed by atoms with Crippen LogP contribution in [0.4, 0.5) is 0 Å². The second-order valence-corrected chi connectivity index (χ2v) is 6.75. The van der Waals surface area contributed by atoms with E-state index in [1.807, 2.05) is 18.2 Å². The monoisotopic (exact) mass is 310 g/mol. The summed E-state index contributed by atoms with van der Waals surface area (Å²) in [6, 6.07) is 5.95. The van der Waals surface area contributed by atoms with Crippen LogP contribution >= 0.6 is 23.2 Å². The molecule has 4 heteroatoms. The van der Waals surface area contributed by atoms with Crippen molar-refractivity contribution in [2.75, 3.05) is 5.88 Å². The molecule has 0 spiro atoms. The van der Waals surface area contributed by atoms with Gasteiger partial charge >= 0.3 is 0 Å². The molecular weight excluding hydrogens is 291 g/mol. The number of imidazole rings is 1. The minimum absolute atomic E-state index is 0.599. The fourth-order valence-electron chi connectivity index (χ4n) is 3.41. The molecule has 0 bridgehead atoms. The molecule has 2 nitrogen and oxygen atoms in total. The van der Waals surface area contributed by atoms with Gasteiger partial charge in [-0.3, -0.25) is 0 Å². The van der Waals surface area contributed by atoms with Crippen LogP contribution in [0.15, 0.2) is 18.2 Å². The zero-order chi connectivity index (χ0) is 14.1. The van der Waals surface area contributed by atoms with E-state index in [1.54, 1.807) is 0 Å². The highest BCUT2D eigenvalue weighted by molar-refractivity contribution is 6.35. The Hall–Kier alpha value is -0.730. The average Bonchev–Trinajstić information content (AvgIpc) is 2.96. The molecular formula is C16H20Cl2N2. The fourth-order valence-corrected chi connectivity index (χ4v) is 3.85. The number of hydrogen-bond acceptors (Lipinski definition) is 1. The molecule has 0 aliphatic heterocycles. The van der Waals surface area contributed by atoms with Crippen molar-refractivity contribution < 1.29 is 0 Å². The van der Waals surface area contributed by atoms with Crippen LogP contribution in [-0.4, -0.2) is 15.4 Å². The molecule has 0 radical (unpaired) electrons.